The summed E-state index contributed by atoms with van der Waals surface area (Å²) in [5.74, 6) is -7.01. The fourth-order valence-electron chi connectivity index (χ4n) is 7.83. The average Bonchev–Trinajstić information content (AvgIpc) is 3.32. The first kappa shape index (κ1) is 61.4. The van der Waals surface area contributed by atoms with Gasteiger partial charge in [-0.1, -0.05) is 83.2 Å². The van der Waals surface area contributed by atoms with Gasteiger partial charge in [0, 0.05) is 13.0 Å². The molecule has 2 rings (SSSR count). The molecule has 0 saturated carbocycles. The van der Waals surface area contributed by atoms with Crippen molar-refractivity contribution >= 4 is 53.2 Å². The van der Waals surface area contributed by atoms with Gasteiger partial charge in [0.05, 0.1) is 12.5 Å². The number of carbonyl (C=O) groups excluding carboxylic acids is 9. The first-order valence-electron chi connectivity index (χ1n) is 25.1. The van der Waals surface area contributed by atoms with Gasteiger partial charge in [0.25, 0.3) is 0 Å². The topological polar surface area (TPSA) is 386 Å². The second-order valence-electron chi connectivity index (χ2n) is 18.5. The monoisotopic (exact) mass is 1000 g/mol. The third-order valence-electron chi connectivity index (χ3n) is 11.8. The minimum atomic E-state index is -1.46. The third kappa shape index (κ3) is 23.4. The van der Waals surface area contributed by atoms with Gasteiger partial charge in [0.1, 0.15) is 48.3 Å². The number of amides is 9. The maximum absolute atomic E-state index is 14.3. The Hall–Kier alpha value is -5.75. The van der Waals surface area contributed by atoms with Gasteiger partial charge >= 0.3 is 0 Å². The molecule has 71 heavy (non-hydrogen) atoms. The predicted octanol–water partition coefficient (Wildman–Crippen LogP) is -2.80. The van der Waals surface area contributed by atoms with Crippen molar-refractivity contribution in [2.75, 3.05) is 32.7 Å². The van der Waals surface area contributed by atoms with E-state index in [-0.39, 0.29) is 90.0 Å². The average molecular weight is 1000 g/mol. The van der Waals surface area contributed by atoms with Gasteiger partial charge in [0.15, 0.2) is 0 Å². The lowest BCUT2D eigenvalue weighted by molar-refractivity contribution is -0.135. The zero-order chi connectivity index (χ0) is 52.9. The zero-order valence-electron chi connectivity index (χ0n) is 42.0. The Morgan fingerprint density at radius 2 is 1.17 bits per heavy atom. The largest absolute Gasteiger partial charge is 0.393 e. The van der Waals surface area contributed by atoms with Crippen LogP contribution in [0.2, 0.25) is 0 Å². The molecule has 1 aliphatic heterocycles. The van der Waals surface area contributed by atoms with Crippen molar-refractivity contribution in [1.82, 2.24) is 47.9 Å². The number of hydrogen-bond donors (Lipinski definition) is 14. The van der Waals surface area contributed by atoms with Crippen molar-refractivity contribution in [1.29, 1.82) is 0 Å². The lowest BCUT2D eigenvalue weighted by atomic mass is 10.0. The second kappa shape index (κ2) is 33.8. The van der Waals surface area contributed by atoms with E-state index in [0.29, 0.717) is 12.0 Å². The Balaban J connectivity index is 2.60. The van der Waals surface area contributed by atoms with Gasteiger partial charge in [-0.3, -0.25) is 43.2 Å². The van der Waals surface area contributed by atoms with Crippen LogP contribution in [0.5, 0.6) is 0 Å². The summed E-state index contributed by atoms with van der Waals surface area (Å²) >= 11 is 0. The SMILES string of the molecule is CCCCCCC[C@@H](O)CC(=O)N[C@@H](CCN)C(=O)N[C@@H]1CCNC(=O)[C@H](CC(C)C)NC(=O)[C@H](CCN)NC(=O)[C@H](CCN)NC(=O)[C@H](C)NC(=O)[C@@H](Cc2ccccc2)NC(=O)[C@H](CCN)NC1=O. The summed E-state index contributed by atoms with van der Waals surface area (Å²) in [4.78, 5) is 124. The van der Waals surface area contributed by atoms with E-state index in [1.54, 1.807) is 30.3 Å². The van der Waals surface area contributed by atoms with Gasteiger partial charge in [-0.2, -0.15) is 0 Å². The molecule has 0 unspecified atom stereocenters. The normalized spacial score (nSPS) is 23.4. The van der Waals surface area contributed by atoms with Gasteiger partial charge in [-0.15, -0.1) is 0 Å². The summed E-state index contributed by atoms with van der Waals surface area (Å²) in [6.45, 7) is 6.61. The summed E-state index contributed by atoms with van der Waals surface area (Å²) in [6.07, 6.45) is 3.49. The van der Waals surface area contributed by atoms with Crippen LogP contribution in [-0.2, 0) is 49.6 Å². The molecule has 0 aromatic heterocycles. The third-order valence-corrected chi connectivity index (χ3v) is 11.8. The number of nitrogens with one attached hydrogen (secondary N) is 9. The standard InChI is InChI=1S/C48H83N13O10/c1-5-6-7-8-12-15-32(62)28-40(63)55-33(16-21-49)43(66)59-37-20-25-53-42(65)38(26-29(2)3)60-45(68)35(18-23-51)57-44(67)34(17-22-50)56-41(64)30(4)54-48(71)39(27-31-13-10-9-11-14-31)61-46(69)36(19-24-52)58-47(37)70/h9-11,13-14,29-30,32-39,62H,5-8,12,15-28,49-52H2,1-4H3,(H,53,65)(H,54,71)(H,55,63)(H,56,64)(H,57,67)(H,58,70)(H,59,66)(H,60,68)(H,61,69)/t30-,32+,33-,34-,35-,36-,37+,38-,39+/m0/s1. The van der Waals surface area contributed by atoms with Gasteiger partial charge in [-0.25, -0.2) is 0 Å². The maximum Gasteiger partial charge on any atom is 0.243 e. The smallest absolute Gasteiger partial charge is 0.243 e. The van der Waals surface area contributed by atoms with Crippen LogP contribution in [0.15, 0.2) is 30.3 Å². The number of nitrogens with two attached hydrogens (primary N) is 4. The molecule has 0 spiro atoms. The van der Waals surface area contributed by atoms with Gasteiger partial charge in [0.2, 0.25) is 53.2 Å². The van der Waals surface area contributed by atoms with E-state index in [1.165, 1.54) is 6.92 Å². The molecule has 0 bridgehead atoms. The Bertz CT molecular complexity index is 1860. The highest BCUT2D eigenvalue weighted by Gasteiger charge is 2.35. The Kier molecular flexibility index (Phi) is 29.2. The molecule has 1 saturated heterocycles. The quantitative estimate of drug-likeness (QED) is 0.0493. The molecular formula is C48H83N13O10. The molecule has 1 aliphatic rings. The number of aliphatic hydroxyl groups excluding tert-OH is 1. The molecule has 1 aromatic carbocycles. The summed E-state index contributed by atoms with van der Waals surface area (Å²) in [6, 6.07) is -1.65. The first-order chi connectivity index (χ1) is 33.9. The molecule has 1 heterocycles. The van der Waals surface area contributed by atoms with Gasteiger partial charge in [-0.05, 0) is 89.5 Å². The predicted molar refractivity (Wildman–Crippen MR) is 267 cm³/mol. The van der Waals surface area contributed by atoms with Crippen LogP contribution in [0, 0.1) is 5.92 Å². The molecule has 9 atom stereocenters. The van der Waals surface area contributed by atoms with Crippen LogP contribution < -0.4 is 70.8 Å². The lowest BCUT2D eigenvalue weighted by Crippen LogP contribution is -2.60. The summed E-state index contributed by atoms with van der Waals surface area (Å²) in [5, 5.41) is 34.3. The molecule has 1 fully saturated rings. The minimum Gasteiger partial charge on any atom is -0.393 e. The number of benzene rings is 1. The van der Waals surface area contributed by atoms with Crippen molar-refractivity contribution in [3.8, 4) is 0 Å². The lowest BCUT2D eigenvalue weighted by Gasteiger charge is -2.27. The number of hydrogen-bond acceptors (Lipinski definition) is 14. The van der Waals surface area contributed by atoms with Crippen LogP contribution in [0.4, 0.5) is 0 Å². The van der Waals surface area contributed by atoms with Crippen LogP contribution in [0.25, 0.3) is 0 Å². The zero-order valence-corrected chi connectivity index (χ0v) is 42.0. The van der Waals surface area contributed by atoms with Crippen molar-refractivity contribution in [3.63, 3.8) is 0 Å². The van der Waals surface area contributed by atoms with Crippen LogP contribution in [-0.4, -0.2) is 145 Å². The maximum atomic E-state index is 14.3. The minimum absolute atomic E-state index is 0.0434. The van der Waals surface area contributed by atoms with Crippen molar-refractivity contribution in [2.45, 2.75) is 172 Å². The Morgan fingerprint density at radius 1 is 0.648 bits per heavy atom. The number of unbranched alkanes of at least 4 members (excludes halogenated alkanes) is 4. The number of aliphatic hydroxyl groups is 1. The summed E-state index contributed by atoms with van der Waals surface area (Å²) in [7, 11) is 0. The van der Waals surface area contributed by atoms with E-state index < -0.39 is 108 Å². The van der Waals surface area contributed by atoms with E-state index in [1.807, 2.05) is 13.8 Å². The van der Waals surface area contributed by atoms with Crippen LogP contribution in [0.3, 0.4) is 0 Å². The highest BCUT2D eigenvalue weighted by atomic mass is 16.3. The number of carbonyl (C=O) groups is 9. The molecule has 0 radical (unpaired) electrons. The van der Waals surface area contributed by atoms with Crippen molar-refractivity contribution in [3.05, 3.63) is 35.9 Å². The van der Waals surface area contributed by atoms with E-state index in [2.05, 4.69) is 54.8 Å². The fourth-order valence-corrected chi connectivity index (χ4v) is 7.83. The second-order valence-corrected chi connectivity index (χ2v) is 18.5. The first-order valence-corrected chi connectivity index (χ1v) is 25.1. The van der Waals surface area contributed by atoms with E-state index >= 15 is 0 Å². The van der Waals surface area contributed by atoms with Gasteiger partial charge < -0.3 is 75.9 Å². The van der Waals surface area contributed by atoms with E-state index in [9.17, 15) is 48.3 Å². The molecule has 400 valence electrons. The molecular weight excluding hydrogens is 919 g/mol. The van der Waals surface area contributed by atoms with E-state index in [0.717, 1.165) is 32.1 Å². The van der Waals surface area contributed by atoms with Crippen LogP contribution >= 0.6 is 0 Å². The van der Waals surface area contributed by atoms with E-state index in [4.69, 9.17) is 22.9 Å². The highest BCUT2D eigenvalue weighted by Crippen LogP contribution is 2.12. The highest BCUT2D eigenvalue weighted by molar-refractivity contribution is 5.98. The molecule has 23 nitrogen and oxygen atoms in total. The Labute approximate surface area is 417 Å². The molecule has 18 N–H and O–H groups in total. The van der Waals surface area contributed by atoms with Crippen molar-refractivity contribution < 1.29 is 48.3 Å². The fraction of sp³-hybridized carbons (Fsp3) is 0.688. The summed E-state index contributed by atoms with van der Waals surface area (Å²) in [5.41, 5.74) is 24.0. The molecule has 0 aliphatic carbocycles. The molecule has 23 heteroatoms. The molecule has 9 amide bonds. The molecule has 1 aromatic rings. The van der Waals surface area contributed by atoms with Crippen LogP contribution in [0.1, 0.15) is 117 Å². The number of rotatable bonds is 23. The van der Waals surface area contributed by atoms with Crippen molar-refractivity contribution in [2.24, 2.45) is 28.9 Å². The Morgan fingerprint density at radius 3 is 1.72 bits per heavy atom. The summed E-state index contributed by atoms with van der Waals surface area (Å²) < 4.78 is 0.